The van der Waals surface area contributed by atoms with Gasteiger partial charge in [0, 0.05) is 31.8 Å². The van der Waals surface area contributed by atoms with Crippen LogP contribution in [0.5, 0.6) is 0 Å². The summed E-state index contributed by atoms with van der Waals surface area (Å²) in [6.07, 6.45) is 3.46. The van der Waals surface area contributed by atoms with Crippen molar-refractivity contribution >= 4 is 11.9 Å². The third kappa shape index (κ3) is 5.11. The number of rotatable bonds is 8. The molecule has 0 radical (unpaired) electrons. The van der Waals surface area contributed by atoms with Crippen molar-refractivity contribution in [1.82, 2.24) is 25.0 Å². The predicted octanol–water partition coefficient (Wildman–Crippen LogP) is 1.03. The average molecular weight is 333 g/mol. The molecule has 0 saturated heterocycles. The summed E-state index contributed by atoms with van der Waals surface area (Å²) in [5.74, 6) is -0.245. The lowest BCUT2D eigenvalue weighted by Crippen LogP contribution is -2.38. The minimum absolute atomic E-state index is 0.0945. The fraction of sp³-hybridized carbons (Fsp3) is 0.467. The number of carboxylic acid groups (broad SMARTS) is 1. The first kappa shape index (κ1) is 17.5. The highest BCUT2D eigenvalue weighted by Crippen LogP contribution is 2.11. The molecule has 2 aromatic heterocycles. The lowest BCUT2D eigenvalue weighted by molar-refractivity contribution is -0.144. The highest BCUT2D eigenvalue weighted by molar-refractivity contribution is 5.81. The molecule has 0 spiro atoms. The summed E-state index contributed by atoms with van der Waals surface area (Å²) in [5.41, 5.74) is 0. The third-order valence-corrected chi connectivity index (χ3v) is 3.05. The fourth-order valence-electron chi connectivity index (χ4n) is 2.09. The first-order valence-electron chi connectivity index (χ1n) is 7.55. The van der Waals surface area contributed by atoms with Crippen LogP contribution in [0.1, 0.15) is 26.2 Å². The number of nitrogens with zero attached hydrogens (tertiary/aromatic N) is 5. The van der Waals surface area contributed by atoms with Crippen LogP contribution in [0.4, 0.5) is 0 Å². The van der Waals surface area contributed by atoms with Crippen LogP contribution in [0.25, 0.3) is 11.6 Å². The summed E-state index contributed by atoms with van der Waals surface area (Å²) >= 11 is 0. The Kier molecular flexibility index (Phi) is 5.94. The molecule has 128 valence electrons. The van der Waals surface area contributed by atoms with Crippen molar-refractivity contribution in [2.24, 2.45) is 5.92 Å². The van der Waals surface area contributed by atoms with E-state index in [1.54, 1.807) is 18.5 Å². The Bertz CT molecular complexity index is 686. The second kappa shape index (κ2) is 8.14. The zero-order valence-corrected chi connectivity index (χ0v) is 13.5. The van der Waals surface area contributed by atoms with Gasteiger partial charge in [0.05, 0.1) is 0 Å². The lowest BCUT2D eigenvalue weighted by Gasteiger charge is -2.22. The number of aryl methyl sites for hydroxylation is 1. The smallest absolute Gasteiger partial charge is 0.323 e. The molecule has 0 aliphatic rings. The van der Waals surface area contributed by atoms with Crippen LogP contribution in [0, 0.1) is 5.92 Å². The van der Waals surface area contributed by atoms with Crippen molar-refractivity contribution in [3.05, 3.63) is 24.4 Å². The SMILES string of the molecule is CC(C)CN(CC(=O)O)C(=O)CCc1nc(-c2ncccn2)no1. The van der Waals surface area contributed by atoms with Gasteiger partial charge in [-0.1, -0.05) is 19.0 Å². The van der Waals surface area contributed by atoms with E-state index in [1.165, 1.54) is 4.90 Å². The van der Waals surface area contributed by atoms with Gasteiger partial charge in [0.1, 0.15) is 6.54 Å². The Balaban J connectivity index is 1.95. The van der Waals surface area contributed by atoms with Crippen LogP contribution >= 0.6 is 0 Å². The third-order valence-electron chi connectivity index (χ3n) is 3.05. The van der Waals surface area contributed by atoms with Gasteiger partial charge in [-0.05, 0) is 12.0 Å². The molecule has 9 nitrogen and oxygen atoms in total. The molecule has 0 aliphatic heterocycles. The van der Waals surface area contributed by atoms with Crippen molar-refractivity contribution < 1.29 is 19.2 Å². The molecular formula is C15H19N5O4. The standard InChI is InChI=1S/C15H19N5O4/c1-10(2)8-20(9-13(22)23)12(21)5-4-11-18-15(19-24-11)14-16-6-3-7-17-14/h3,6-7,10H,4-5,8-9H2,1-2H3,(H,22,23). The number of carbonyl (C=O) groups excluding carboxylic acids is 1. The van der Waals surface area contributed by atoms with Gasteiger partial charge in [-0.25, -0.2) is 9.97 Å². The summed E-state index contributed by atoms with van der Waals surface area (Å²) in [5, 5.41) is 12.7. The Morgan fingerprint density at radius 1 is 1.25 bits per heavy atom. The highest BCUT2D eigenvalue weighted by atomic mass is 16.5. The maximum Gasteiger partial charge on any atom is 0.323 e. The van der Waals surface area contributed by atoms with Gasteiger partial charge in [-0.2, -0.15) is 4.98 Å². The van der Waals surface area contributed by atoms with Crippen LogP contribution in [0.15, 0.2) is 23.0 Å². The Morgan fingerprint density at radius 2 is 1.96 bits per heavy atom. The molecule has 0 aliphatic carbocycles. The predicted molar refractivity (Wildman–Crippen MR) is 82.7 cm³/mol. The number of hydrogen-bond donors (Lipinski definition) is 1. The minimum atomic E-state index is -1.04. The second-order valence-electron chi connectivity index (χ2n) is 5.65. The van der Waals surface area contributed by atoms with E-state index in [-0.39, 0.29) is 42.9 Å². The summed E-state index contributed by atoms with van der Waals surface area (Å²) in [6, 6.07) is 1.68. The number of carbonyl (C=O) groups is 2. The Hall–Kier alpha value is -2.84. The first-order chi connectivity index (χ1) is 11.5. The van der Waals surface area contributed by atoms with Crippen LogP contribution in [0.3, 0.4) is 0 Å². The molecule has 1 N–H and O–H groups in total. The van der Waals surface area contributed by atoms with Crippen molar-refractivity contribution in [3.63, 3.8) is 0 Å². The molecule has 0 unspecified atom stereocenters. The van der Waals surface area contributed by atoms with Gasteiger partial charge in [-0.3, -0.25) is 9.59 Å². The lowest BCUT2D eigenvalue weighted by atomic mass is 10.2. The topological polar surface area (TPSA) is 122 Å². The Morgan fingerprint density at radius 3 is 2.58 bits per heavy atom. The first-order valence-corrected chi connectivity index (χ1v) is 7.55. The normalized spacial score (nSPS) is 10.8. The van der Waals surface area contributed by atoms with Crippen LogP contribution in [0.2, 0.25) is 0 Å². The second-order valence-corrected chi connectivity index (χ2v) is 5.65. The van der Waals surface area contributed by atoms with Gasteiger partial charge in [0.2, 0.25) is 23.4 Å². The fourth-order valence-corrected chi connectivity index (χ4v) is 2.09. The highest BCUT2D eigenvalue weighted by Gasteiger charge is 2.19. The van der Waals surface area contributed by atoms with E-state index in [9.17, 15) is 9.59 Å². The van der Waals surface area contributed by atoms with Gasteiger partial charge < -0.3 is 14.5 Å². The van der Waals surface area contributed by atoms with E-state index < -0.39 is 5.97 Å². The monoisotopic (exact) mass is 333 g/mol. The van der Waals surface area contributed by atoms with E-state index in [2.05, 4.69) is 20.1 Å². The van der Waals surface area contributed by atoms with Gasteiger partial charge in [0.15, 0.2) is 0 Å². The van der Waals surface area contributed by atoms with E-state index in [1.807, 2.05) is 13.8 Å². The largest absolute Gasteiger partial charge is 0.480 e. The molecule has 2 rings (SSSR count). The van der Waals surface area contributed by atoms with Crippen molar-refractivity contribution in [2.75, 3.05) is 13.1 Å². The molecule has 2 heterocycles. The van der Waals surface area contributed by atoms with Crippen molar-refractivity contribution in [1.29, 1.82) is 0 Å². The summed E-state index contributed by atoms with van der Waals surface area (Å²) in [7, 11) is 0. The van der Waals surface area contributed by atoms with Gasteiger partial charge >= 0.3 is 5.97 Å². The van der Waals surface area contributed by atoms with Gasteiger partial charge in [0.25, 0.3) is 0 Å². The molecule has 2 aromatic rings. The maximum absolute atomic E-state index is 12.2. The molecular weight excluding hydrogens is 314 g/mol. The van der Waals surface area contributed by atoms with Crippen LogP contribution < -0.4 is 0 Å². The van der Waals surface area contributed by atoms with Gasteiger partial charge in [-0.15, -0.1) is 0 Å². The summed E-state index contributed by atoms with van der Waals surface area (Å²) < 4.78 is 5.08. The minimum Gasteiger partial charge on any atom is -0.480 e. The van der Waals surface area contributed by atoms with E-state index >= 15 is 0 Å². The number of aromatic nitrogens is 4. The van der Waals surface area contributed by atoms with Crippen molar-refractivity contribution in [2.45, 2.75) is 26.7 Å². The average Bonchev–Trinajstić information content (AvgIpc) is 3.01. The quantitative estimate of drug-likeness (QED) is 0.760. The summed E-state index contributed by atoms with van der Waals surface area (Å²) in [4.78, 5) is 36.6. The molecule has 0 bridgehead atoms. The summed E-state index contributed by atoms with van der Waals surface area (Å²) in [6.45, 7) is 3.92. The number of carboxylic acids is 1. The molecule has 9 heteroatoms. The zero-order chi connectivity index (χ0) is 17.5. The van der Waals surface area contributed by atoms with E-state index in [0.717, 1.165) is 0 Å². The van der Waals surface area contributed by atoms with E-state index in [0.29, 0.717) is 12.4 Å². The number of hydrogen-bond acceptors (Lipinski definition) is 7. The maximum atomic E-state index is 12.2. The number of aliphatic carboxylic acids is 1. The molecule has 24 heavy (non-hydrogen) atoms. The molecule has 0 atom stereocenters. The Labute approximate surface area is 138 Å². The zero-order valence-electron chi connectivity index (χ0n) is 13.5. The molecule has 0 aromatic carbocycles. The number of amides is 1. The molecule has 1 amide bonds. The van der Waals surface area contributed by atoms with Crippen LogP contribution in [-0.4, -0.2) is 55.1 Å². The van der Waals surface area contributed by atoms with Crippen molar-refractivity contribution in [3.8, 4) is 11.6 Å². The van der Waals surface area contributed by atoms with Crippen LogP contribution in [-0.2, 0) is 16.0 Å². The molecule has 0 saturated carbocycles. The van der Waals surface area contributed by atoms with E-state index in [4.69, 9.17) is 9.63 Å². The molecule has 0 fully saturated rings.